The molecule has 5 nitrogen and oxygen atoms in total. The number of furan rings is 1. The normalized spacial score (nSPS) is 10.8. The Hall–Kier alpha value is -2.56. The molecule has 2 heterocycles. The lowest BCUT2D eigenvalue weighted by molar-refractivity contribution is 0.476. The van der Waals surface area contributed by atoms with Crippen molar-refractivity contribution in [3.05, 3.63) is 64.3 Å². The van der Waals surface area contributed by atoms with Crippen LogP contribution < -0.4 is 5.76 Å². The summed E-state index contributed by atoms with van der Waals surface area (Å²) >= 11 is 0. The first-order valence-corrected chi connectivity index (χ1v) is 5.90. The molecule has 19 heavy (non-hydrogen) atoms. The van der Waals surface area contributed by atoms with E-state index in [1.165, 1.54) is 16.5 Å². The van der Waals surface area contributed by atoms with Gasteiger partial charge in [0.1, 0.15) is 0 Å². The third-order valence-corrected chi connectivity index (χ3v) is 2.79. The third kappa shape index (κ3) is 2.35. The Morgan fingerprint density at radius 3 is 2.68 bits per heavy atom. The van der Waals surface area contributed by atoms with Crippen LogP contribution in [0.4, 0.5) is 0 Å². The van der Waals surface area contributed by atoms with Crippen molar-refractivity contribution >= 4 is 0 Å². The molecule has 0 radical (unpaired) electrons. The molecule has 0 aliphatic rings. The van der Waals surface area contributed by atoms with Crippen LogP contribution in [0.1, 0.15) is 11.1 Å². The van der Waals surface area contributed by atoms with E-state index in [2.05, 4.69) is 5.10 Å². The van der Waals surface area contributed by atoms with Gasteiger partial charge in [-0.05, 0) is 24.6 Å². The van der Waals surface area contributed by atoms with E-state index >= 15 is 0 Å². The average molecular weight is 256 g/mol. The molecule has 0 saturated heterocycles. The van der Waals surface area contributed by atoms with E-state index in [0.717, 1.165) is 5.56 Å². The highest BCUT2D eigenvalue weighted by Gasteiger charge is 2.12. The van der Waals surface area contributed by atoms with Gasteiger partial charge < -0.3 is 8.83 Å². The maximum Gasteiger partial charge on any atom is 0.437 e. The zero-order valence-electron chi connectivity index (χ0n) is 10.4. The average Bonchev–Trinajstić information content (AvgIpc) is 3.03. The molecule has 0 bridgehead atoms. The van der Waals surface area contributed by atoms with Crippen molar-refractivity contribution in [3.63, 3.8) is 0 Å². The van der Waals surface area contributed by atoms with Crippen LogP contribution in [0.15, 0.2) is 56.3 Å². The molecule has 0 aliphatic heterocycles. The molecule has 2 aromatic heterocycles. The summed E-state index contributed by atoms with van der Waals surface area (Å²) in [5, 5.41) is 4.11. The summed E-state index contributed by atoms with van der Waals surface area (Å²) in [5.41, 5.74) is 2.17. The molecular weight excluding hydrogens is 244 g/mol. The molecule has 0 saturated carbocycles. The molecular formula is C14H12N2O3. The Morgan fingerprint density at radius 1 is 1.21 bits per heavy atom. The molecule has 5 heteroatoms. The first-order chi connectivity index (χ1) is 9.22. The zero-order valence-corrected chi connectivity index (χ0v) is 10.4. The van der Waals surface area contributed by atoms with Gasteiger partial charge >= 0.3 is 5.76 Å². The highest BCUT2D eigenvalue weighted by atomic mass is 16.4. The molecule has 96 valence electrons. The van der Waals surface area contributed by atoms with Crippen LogP contribution in [0, 0.1) is 6.92 Å². The first kappa shape index (κ1) is 11.5. The van der Waals surface area contributed by atoms with Gasteiger partial charge in [0, 0.05) is 0 Å². The lowest BCUT2D eigenvalue weighted by atomic mass is 10.1. The van der Waals surface area contributed by atoms with E-state index in [1.807, 2.05) is 31.2 Å². The van der Waals surface area contributed by atoms with Crippen LogP contribution in [0.25, 0.3) is 11.7 Å². The second-order valence-corrected chi connectivity index (χ2v) is 4.29. The summed E-state index contributed by atoms with van der Waals surface area (Å²) in [6, 6.07) is 11.3. The van der Waals surface area contributed by atoms with Crippen molar-refractivity contribution in [3.8, 4) is 11.7 Å². The van der Waals surface area contributed by atoms with E-state index in [0.29, 0.717) is 12.3 Å². The minimum Gasteiger partial charge on any atom is -0.459 e. The second kappa shape index (κ2) is 4.61. The summed E-state index contributed by atoms with van der Waals surface area (Å²) in [5.74, 6) is 0.147. The summed E-state index contributed by atoms with van der Waals surface area (Å²) in [4.78, 5) is 11.7. The fourth-order valence-corrected chi connectivity index (χ4v) is 1.77. The first-order valence-electron chi connectivity index (χ1n) is 5.90. The van der Waals surface area contributed by atoms with Gasteiger partial charge in [-0.15, -0.1) is 5.10 Å². The van der Waals surface area contributed by atoms with Crippen LogP contribution in [0.2, 0.25) is 0 Å². The van der Waals surface area contributed by atoms with Gasteiger partial charge in [-0.1, -0.05) is 29.8 Å². The molecule has 3 rings (SSSR count). The van der Waals surface area contributed by atoms with Crippen molar-refractivity contribution in [1.82, 2.24) is 9.78 Å². The highest BCUT2D eigenvalue weighted by molar-refractivity contribution is 5.42. The molecule has 0 N–H and O–H groups in total. The SMILES string of the molecule is Cc1ccc(Cn2nc(-c3ccco3)oc2=O)cc1. The Balaban J connectivity index is 1.90. The molecule has 0 unspecified atom stereocenters. The van der Waals surface area contributed by atoms with Crippen LogP contribution in [0.5, 0.6) is 0 Å². The number of nitrogens with zero attached hydrogens (tertiary/aromatic N) is 2. The van der Waals surface area contributed by atoms with Gasteiger partial charge in [0.25, 0.3) is 5.89 Å². The Morgan fingerprint density at radius 2 is 2.00 bits per heavy atom. The number of rotatable bonds is 3. The van der Waals surface area contributed by atoms with Crippen LogP contribution >= 0.6 is 0 Å². The maximum atomic E-state index is 11.7. The third-order valence-electron chi connectivity index (χ3n) is 2.79. The van der Waals surface area contributed by atoms with Crippen LogP contribution in [0.3, 0.4) is 0 Å². The van der Waals surface area contributed by atoms with Gasteiger partial charge in [-0.2, -0.15) is 4.68 Å². The van der Waals surface area contributed by atoms with E-state index in [9.17, 15) is 4.79 Å². The Labute approximate surface area is 109 Å². The molecule has 0 atom stereocenters. The number of aryl methyl sites for hydroxylation is 1. The number of benzene rings is 1. The minimum absolute atomic E-state index is 0.196. The summed E-state index contributed by atoms with van der Waals surface area (Å²) < 4.78 is 11.5. The summed E-state index contributed by atoms with van der Waals surface area (Å²) in [7, 11) is 0. The summed E-state index contributed by atoms with van der Waals surface area (Å²) in [6.45, 7) is 2.39. The number of aromatic nitrogens is 2. The monoisotopic (exact) mass is 256 g/mol. The summed E-state index contributed by atoms with van der Waals surface area (Å²) in [6.07, 6.45) is 1.51. The largest absolute Gasteiger partial charge is 0.459 e. The van der Waals surface area contributed by atoms with Gasteiger partial charge in [-0.3, -0.25) is 0 Å². The molecule has 0 fully saturated rings. The fraction of sp³-hybridized carbons (Fsp3) is 0.143. The Bertz CT molecular complexity index is 721. The fourth-order valence-electron chi connectivity index (χ4n) is 1.77. The van der Waals surface area contributed by atoms with Crippen LogP contribution in [-0.4, -0.2) is 9.78 Å². The molecule has 0 aliphatic carbocycles. The standard InChI is InChI=1S/C14H12N2O3/c1-10-4-6-11(7-5-10)9-16-14(17)19-13(15-16)12-3-2-8-18-12/h2-8H,9H2,1H3. The van der Waals surface area contributed by atoms with Crippen molar-refractivity contribution in [1.29, 1.82) is 0 Å². The molecule has 3 aromatic rings. The quantitative estimate of drug-likeness (QED) is 0.722. The number of hydrogen-bond acceptors (Lipinski definition) is 4. The van der Waals surface area contributed by atoms with E-state index in [1.54, 1.807) is 12.1 Å². The zero-order chi connectivity index (χ0) is 13.2. The maximum absolute atomic E-state index is 11.7. The molecule has 0 amide bonds. The van der Waals surface area contributed by atoms with Crippen molar-refractivity contribution in [2.45, 2.75) is 13.5 Å². The highest BCUT2D eigenvalue weighted by Crippen LogP contribution is 2.15. The van der Waals surface area contributed by atoms with Crippen molar-refractivity contribution < 1.29 is 8.83 Å². The van der Waals surface area contributed by atoms with Crippen LogP contribution in [-0.2, 0) is 6.54 Å². The predicted octanol–water partition coefficient (Wildman–Crippen LogP) is 2.45. The predicted molar refractivity (Wildman–Crippen MR) is 68.7 cm³/mol. The van der Waals surface area contributed by atoms with Gasteiger partial charge in [0.15, 0.2) is 5.76 Å². The topological polar surface area (TPSA) is 61.2 Å². The minimum atomic E-state index is -0.494. The molecule has 0 spiro atoms. The molecule has 1 aromatic carbocycles. The van der Waals surface area contributed by atoms with E-state index in [4.69, 9.17) is 8.83 Å². The Kier molecular flexibility index (Phi) is 2.79. The number of hydrogen-bond donors (Lipinski definition) is 0. The van der Waals surface area contributed by atoms with Crippen molar-refractivity contribution in [2.75, 3.05) is 0 Å². The lowest BCUT2D eigenvalue weighted by Crippen LogP contribution is -2.16. The van der Waals surface area contributed by atoms with Gasteiger partial charge in [0.05, 0.1) is 12.8 Å². The van der Waals surface area contributed by atoms with Gasteiger partial charge in [0.2, 0.25) is 0 Å². The van der Waals surface area contributed by atoms with Gasteiger partial charge in [-0.25, -0.2) is 4.79 Å². The second-order valence-electron chi connectivity index (χ2n) is 4.29. The lowest BCUT2D eigenvalue weighted by Gasteiger charge is -1.99. The van der Waals surface area contributed by atoms with E-state index in [-0.39, 0.29) is 5.89 Å². The smallest absolute Gasteiger partial charge is 0.437 e. The van der Waals surface area contributed by atoms with Crippen molar-refractivity contribution in [2.24, 2.45) is 0 Å². The van der Waals surface area contributed by atoms with E-state index < -0.39 is 5.76 Å².